The highest BCUT2D eigenvalue weighted by molar-refractivity contribution is 5.93. The molecule has 0 atom stereocenters. The van der Waals surface area contributed by atoms with Crippen molar-refractivity contribution in [1.82, 2.24) is 0 Å². The molecule has 0 saturated heterocycles. The number of rotatable bonds is 7. The SMILES string of the molecule is CCCC(=O)N(CCCN)c1ccc(OC)cc1. The molecule has 0 aliphatic carbocycles. The molecule has 0 unspecified atom stereocenters. The Morgan fingerprint density at radius 2 is 2.00 bits per heavy atom. The van der Waals surface area contributed by atoms with Crippen LogP contribution in [0.2, 0.25) is 0 Å². The molecule has 4 heteroatoms. The van der Waals surface area contributed by atoms with Crippen molar-refractivity contribution in [2.45, 2.75) is 26.2 Å². The molecule has 0 saturated carbocycles. The summed E-state index contributed by atoms with van der Waals surface area (Å²) in [6.45, 7) is 3.26. The minimum atomic E-state index is 0.149. The minimum absolute atomic E-state index is 0.149. The van der Waals surface area contributed by atoms with Crippen LogP contribution in [0.4, 0.5) is 5.69 Å². The zero-order valence-electron chi connectivity index (χ0n) is 11.2. The second kappa shape index (κ2) is 7.71. The molecule has 0 spiro atoms. The van der Waals surface area contributed by atoms with Crippen LogP contribution in [0, 0.1) is 0 Å². The van der Waals surface area contributed by atoms with E-state index in [1.807, 2.05) is 31.2 Å². The molecule has 0 aromatic heterocycles. The first-order valence-electron chi connectivity index (χ1n) is 6.37. The molecule has 1 rings (SSSR count). The van der Waals surface area contributed by atoms with Gasteiger partial charge in [-0.1, -0.05) is 6.92 Å². The van der Waals surface area contributed by atoms with E-state index in [2.05, 4.69) is 0 Å². The smallest absolute Gasteiger partial charge is 0.226 e. The normalized spacial score (nSPS) is 10.2. The summed E-state index contributed by atoms with van der Waals surface area (Å²) in [4.78, 5) is 13.9. The van der Waals surface area contributed by atoms with E-state index >= 15 is 0 Å². The van der Waals surface area contributed by atoms with Gasteiger partial charge in [0.15, 0.2) is 0 Å². The van der Waals surface area contributed by atoms with Gasteiger partial charge >= 0.3 is 0 Å². The molecule has 0 radical (unpaired) electrons. The van der Waals surface area contributed by atoms with Gasteiger partial charge in [0.25, 0.3) is 0 Å². The summed E-state index contributed by atoms with van der Waals surface area (Å²) < 4.78 is 5.11. The molecule has 1 amide bonds. The Bertz CT molecular complexity index is 363. The fourth-order valence-corrected chi connectivity index (χ4v) is 1.76. The quantitative estimate of drug-likeness (QED) is 0.807. The Balaban J connectivity index is 2.82. The summed E-state index contributed by atoms with van der Waals surface area (Å²) in [6, 6.07) is 7.54. The molecule has 100 valence electrons. The number of nitrogens with two attached hydrogens (primary N) is 1. The van der Waals surface area contributed by atoms with Crippen LogP contribution in [0.5, 0.6) is 5.75 Å². The summed E-state index contributed by atoms with van der Waals surface area (Å²) in [6.07, 6.45) is 2.23. The number of amides is 1. The van der Waals surface area contributed by atoms with Crippen molar-refractivity contribution < 1.29 is 9.53 Å². The fourth-order valence-electron chi connectivity index (χ4n) is 1.76. The van der Waals surface area contributed by atoms with E-state index in [0.29, 0.717) is 19.5 Å². The van der Waals surface area contributed by atoms with Crippen molar-refractivity contribution in [3.8, 4) is 5.75 Å². The Morgan fingerprint density at radius 3 is 2.50 bits per heavy atom. The fraction of sp³-hybridized carbons (Fsp3) is 0.500. The molecular formula is C14H22N2O2. The molecule has 1 aromatic carbocycles. The number of benzene rings is 1. The zero-order chi connectivity index (χ0) is 13.4. The Hall–Kier alpha value is -1.55. The summed E-state index contributed by atoms with van der Waals surface area (Å²) in [5, 5.41) is 0. The van der Waals surface area contributed by atoms with E-state index in [-0.39, 0.29) is 5.91 Å². The van der Waals surface area contributed by atoms with Gasteiger partial charge in [0.2, 0.25) is 5.91 Å². The van der Waals surface area contributed by atoms with Crippen molar-refractivity contribution in [1.29, 1.82) is 0 Å². The number of carbonyl (C=O) groups is 1. The first-order chi connectivity index (χ1) is 8.72. The van der Waals surface area contributed by atoms with Crippen molar-refractivity contribution in [3.63, 3.8) is 0 Å². The van der Waals surface area contributed by atoms with E-state index in [0.717, 1.165) is 24.3 Å². The van der Waals surface area contributed by atoms with Gasteiger partial charge in [0, 0.05) is 18.7 Å². The van der Waals surface area contributed by atoms with Gasteiger partial charge in [-0.3, -0.25) is 4.79 Å². The van der Waals surface area contributed by atoms with Gasteiger partial charge < -0.3 is 15.4 Å². The van der Waals surface area contributed by atoms with Crippen LogP contribution in [0.15, 0.2) is 24.3 Å². The van der Waals surface area contributed by atoms with Crippen LogP contribution < -0.4 is 15.4 Å². The second-order valence-electron chi connectivity index (χ2n) is 4.14. The number of methoxy groups -OCH3 is 1. The minimum Gasteiger partial charge on any atom is -0.497 e. The average molecular weight is 250 g/mol. The third-order valence-corrected chi connectivity index (χ3v) is 2.73. The lowest BCUT2D eigenvalue weighted by Gasteiger charge is -2.22. The molecule has 2 N–H and O–H groups in total. The number of hydrogen-bond acceptors (Lipinski definition) is 3. The molecule has 0 bridgehead atoms. The van der Waals surface area contributed by atoms with E-state index in [9.17, 15) is 4.79 Å². The van der Waals surface area contributed by atoms with Crippen molar-refractivity contribution in [2.75, 3.05) is 25.1 Å². The van der Waals surface area contributed by atoms with Gasteiger partial charge in [-0.05, 0) is 43.7 Å². The highest BCUT2D eigenvalue weighted by Crippen LogP contribution is 2.20. The van der Waals surface area contributed by atoms with Crippen LogP contribution in [-0.2, 0) is 4.79 Å². The number of hydrogen-bond donors (Lipinski definition) is 1. The topological polar surface area (TPSA) is 55.6 Å². The highest BCUT2D eigenvalue weighted by Gasteiger charge is 2.14. The number of carbonyl (C=O) groups excluding carboxylic acids is 1. The molecule has 4 nitrogen and oxygen atoms in total. The maximum absolute atomic E-state index is 12.1. The van der Waals surface area contributed by atoms with E-state index < -0.39 is 0 Å². The average Bonchev–Trinajstić information content (AvgIpc) is 2.40. The van der Waals surface area contributed by atoms with Crippen LogP contribution in [0.25, 0.3) is 0 Å². The predicted octanol–water partition coefficient (Wildman–Crippen LogP) is 2.18. The predicted molar refractivity (Wildman–Crippen MR) is 73.9 cm³/mol. The van der Waals surface area contributed by atoms with E-state index in [1.54, 1.807) is 12.0 Å². The second-order valence-corrected chi connectivity index (χ2v) is 4.14. The van der Waals surface area contributed by atoms with Crippen molar-refractivity contribution in [2.24, 2.45) is 5.73 Å². The van der Waals surface area contributed by atoms with E-state index in [4.69, 9.17) is 10.5 Å². The maximum Gasteiger partial charge on any atom is 0.226 e. The van der Waals surface area contributed by atoms with Gasteiger partial charge in [0.05, 0.1) is 7.11 Å². The number of ether oxygens (including phenoxy) is 1. The summed E-state index contributed by atoms with van der Waals surface area (Å²) in [5.74, 6) is 0.941. The monoisotopic (exact) mass is 250 g/mol. The molecule has 0 fully saturated rings. The molecule has 1 aromatic rings. The molecule has 0 heterocycles. The first kappa shape index (κ1) is 14.5. The van der Waals surface area contributed by atoms with Crippen molar-refractivity contribution in [3.05, 3.63) is 24.3 Å². The standard InChI is InChI=1S/C14H22N2O2/c1-3-5-14(17)16(11-4-10-15)12-6-8-13(18-2)9-7-12/h6-9H,3-5,10-11,15H2,1-2H3. The van der Waals surface area contributed by atoms with Crippen LogP contribution in [0.1, 0.15) is 26.2 Å². The lowest BCUT2D eigenvalue weighted by Crippen LogP contribution is -2.32. The van der Waals surface area contributed by atoms with Crippen LogP contribution >= 0.6 is 0 Å². The largest absolute Gasteiger partial charge is 0.497 e. The van der Waals surface area contributed by atoms with Crippen molar-refractivity contribution >= 4 is 11.6 Å². The lowest BCUT2D eigenvalue weighted by molar-refractivity contribution is -0.118. The summed E-state index contributed by atoms with van der Waals surface area (Å²) >= 11 is 0. The highest BCUT2D eigenvalue weighted by atomic mass is 16.5. The van der Waals surface area contributed by atoms with E-state index in [1.165, 1.54) is 0 Å². The third kappa shape index (κ3) is 4.04. The Kier molecular flexibility index (Phi) is 6.22. The first-order valence-corrected chi connectivity index (χ1v) is 6.37. The molecule has 0 aliphatic rings. The Labute approximate surface area is 109 Å². The summed E-state index contributed by atoms with van der Waals surface area (Å²) in [5.41, 5.74) is 6.42. The van der Waals surface area contributed by atoms with Gasteiger partial charge in [-0.2, -0.15) is 0 Å². The number of anilines is 1. The Morgan fingerprint density at radius 1 is 1.33 bits per heavy atom. The summed E-state index contributed by atoms with van der Waals surface area (Å²) in [7, 11) is 1.63. The molecule has 18 heavy (non-hydrogen) atoms. The van der Waals surface area contributed by atoms with Gasteiger partial charge in [-0.15, -0.1) is 0 Å². The van der Waals surface area contributed by atoms with Crippen LogP contribution in [-0.4, -0.2) is 26.1 Å². The number of nitrogens with zero attached hydrogens (tertiary/aromatic N) is 1. The third-order valence-electron chi connectivity index (χ3n) is 2.73. The van der Waals surface area contributed by atoms with Crippen LogP contribution in [0.3, 0.4) is 0 Å². The maximum atomic E-state index is 12.1. The van der Waals surface area contributed by atoms with Gasteiger partial charge in [-0.25, -0.2) is 0 Å². The zero-order valence-corrected chi connectivity index (χ0v) is 11.2. The molecular weight excluding hydrogens is 228 g/mol. The lowest BCUT2D eigenvalue weighted by atomic mass is 10.2. The molecule has 0 aliphatic heterocycles. The van der Waals surface area contributed by atoms with Gasteiger partial charge in [0.1, 0.15) is 5.75 Å².